The summed E-state index contributed by atoms with van der Waals surface area (Å²) in [6.07, 6.45) is -1.54. The zero-order valence-corrected chi connectivity index (χ0v) is 19.0. The summed E-state index contributed by atoms with van der Waals surface area (Å²) in [5.74, 6) is -1.80. The highest BCUT2D eigenvalue weighted by atomic mass is 16.8. The Kier molecular flexibility index (Phi) is 7.72. The van der Waals surface area contributed by atoms with E-state index in [-0.39, 0.29) is 18.6 Å². The summed E-state index contributed by atoms with van der Waals surface area (Å²) in [5.41, 5.74) is 1.00. The van der Waals surface area contributed by atoms with Crippen molar-refractivity contribution in [2.24, 2.45) is 0 Å². The second-order valence-corrected chi connectivity index (χ2v) is 9.01. The normalized spacial score (nSPS) is 28.9. The molecule has 0 radical (unpaired) electrons. The first kappa shape index (κ1) is 24.1. The van der Waals surface area contributed by atoms with Crippen LogP contribution in [0.3, 0.4) is 0 Å². The molecule has 0 saturated carbocycles. The fourth-order valence-electron chi connectivity index (χ4n) is 4.15. The van der Waals surface area contributed by atoms with Crippen molar-refractivity contribution in [2.45, 2.75) is 89.7 Å². The maximum atomic E-state index is 12.1. The highest BCUT2D eigenvalue weighted by Crippen LogP contribution is 2.38. The first-order chi connectivity index (χ1) is 14.6. The van der Waals surface area contributed by atoms with Crippen LogP contribution in [0.4, 0.5) is 0 Å². The largest absolute Gasteiger partial charge is 0.396 e. The van der Waals surface area contributed by atoms with Gasteiger partial charge in [0.25, 0.3) is 0 Å². The molecule has 2 aliphatic heterocycles. The molecule has 174 valence electrons. The Morgan fingerprint density at radius 3 is 2.45 bits per heavy atom. The quantitative estimate of drug-likeness (QED) is 0.611. The van der Waals surface area contributed by atoms with Gasteiger partial charge in [-0.15, -0.1) is 0 Å². The first-order valence-corrected chi connectivity index (χ1v) is 10.8. The summed E-state index contributed by atoms with van der Waals surface area (Å²) < 4.78 is 30.4. The van der Waals surface area contributed by atoms with Crippen molar-refractivity contribution in [2.75, 3.05) is 13.2 Å². The summed E-state index contributed by atoms with van der Waals surface area (Å²) >= 11 is 0. The van der Waals surface area contributed by atoms with Gasteiger partial charge in [-0.25, -0.2) is 0 Å². The Bertz CT molecular complexity index is 724. The molecule has 2 saturated heterocycles. The van der Waals surface area contributed by atoms with Crippen molar-refractivity contribution in [3.8, 4) is 0 Å². The predicted molar refractivity (Wildman–Crippen MR) is 113 cm³/mol. The van der Waals surface area contributed by atoms with Gasteiger partial charge in [-0.1, -0.05) is 30.3 Å². The smallest absolute Gasteiger partial charge is 0.217 e. The maximum Gasteiger partial charge on any atom is 0.217 e. The molecule has 2 N–H and O–H groups in total. The van der Waals surface area contributed by atoms with E-state index in [0.29, 0.717) is 19.6 Å². The number of carbonyl (C=O) groups is 1. The van der Waals surface area contributed by atoms with Gasteiger partial charge in [0.05, 0.1) is 25.4 Å². The van der Waals surface area contributed by atoms with Crippen LogP contribution in [0.25, 0.3) is 0 Å². The molecule has 1 aromatic rings. The second kappa shape index (κ2) is 9.94. The summed E-state index contributed by atoms with van der Waals surface area (Å²) in [6, 6.07) is 9.21. The number of benzene rings is 1. The molecule has 2 aliphatic rings. The van der Waals surface area contributed by atoms with Crippen LogP contribution in [-0.4, -0.2) is 66.3 Å². The highest BCUT2D eigenvalue weighted by molar-refractivity contribution is 5.73. The number of hydrogen-bond acceptors (Lipinski definition) is 7. The van der Waals surface area contributed by atoms with Gasteiger partial charge in [-0.05, 0) is 39.7 Å². The van der Waals surface area contributed by atoms with Gasteiger partial charge in [-0.2, -0.15) is 0 Å². The Balaban J connectivity index is 1.83. The van der Waals surface area contributed by atoms with Crippen LogP contribution in [0.1, 0.15) is 46.6 Å². The number of nitrogens with one attached hydrogen (secondary N) is 1. The molecule has 3 rings (SSSR count). The number of rotatable bonds is 9. The zero-order chi connectivity index (χ0) is 22.6. The lowest BCUT2D eigenvalue weighted by molar-refractivity contribution is -0.175. The summed E-state index contributed by atoms with van der Waals surface area (Å²) in [7, 11) is 0. The van der Waals surface area contributed by atoms with Crippen LogP contribution in [-0.2, 0) is 35.1 Å². The summed E-state index contributed by atoms with van der Waals surface area (Å²) in [5, 5.41) is 12.7. The van der Waals surface area contributed by atoms with Crippen molar-refractivity contribution in [3.63, 3.8) is 0 Å². The van der Waals surface area contributed by atoms with Gasteiger partial charge in [0.15, 0.2) is 11.6 Å². The monoisotopic (exact) mass is 437 g/mol. The molecule has 2 fully saturated rings. The Morgan fingerprint density at radius 1 is 1.16 bits per heavy atom. The minimum absolute atomic E-state index is 0.0900. The number of amides is 1. The van der Waals surface area contributed by atoms with E-state index in [1.54, 1.807) is 0 Å². The fourth-order valence-corrected chi connectivity index (χ4v) is 4.15. The third kappa shape index (κ3) is 6.47. The number of ether oxygens (including phenoxy) is 5. The van der Waals surface area contributed by atoms with Crippen LogP contribution < -0.4 is 5.32 Å². The highest BCUT2D eigenvalue weighted by Gasteiger charge is 2.53. The average Bonchev–Trinajstić information content (AvgIpc) is 3.22. The topological polar surface area (TPSA) is 95.5 Å². The lowest BCUT2D eigenvalue weighted by atomic mass is 9.95. The predicted octanol–water partition coefficient (Wildman–Crippen LogP) is 2.13. The zero-order valence-electron chi connectivity index (χ0n) is 19.0. The van der Waals surface area contributed by atoms with E-state index in [4.69, 9.17) is 23.7 Å². The number of carbonyl (C=O) groups excluding carboxylic acids is 1. The van der Waals surface area contributed by atoms with E-state index in [1.807, 2.05) is 58.0 Å². The molecule has 0 aromatic heterocycles. The van der Waals surface area contributed by atoms with Crippen molar-refractivity contribution >= 4 is 5.91 Å². The third-order valence-corrected chi connectivity index (χ3v) is 5.41. The van der Waals surface area contributed by atoms with E-state index < -0.39 is 35.9 Å². The lowest BCUT2D eigenvalue weighted by Gasteiger charge is -2.34. The van der Waals surface area contributed by atoms with Gasteiger partial charge < -0.3 is 34.1 Å². The van der Waals surface area contributed by atoms with E-state index in [2.05, 4.69) is 5.32 Å². The van der Waals surface area contributed by atoms with E-state index in [1.165, 1.54) is 6.92 Å². The summed E-state index contributed by atoms with van der Waals surface area (Å²) in [4.78, 5) is 12.1. The standard InChI is InChI=1S/C23H35NO7/c1-15(26)24-19(17(11-12-25)27-13-16-9-7-6-8-10-16)21-20(30-23(4,5)31-21)18-14-28-22(2,3)29-18/h6-10,17-21,25H,11-14H2,1-5H3,(H,24,26)/t17-,18+,19+,20+,21+/m0/s1. The number of aliphatic hydroxyl groups is 1. The summed E-state index contributed by atoms with van der Waals surface area (Å²) in [6.45, 7) is 9.43. The van der Waals surface area contributed by atoms with Gasteiger partial charge >= 0.3 is 0 Å². The molecule has 0 spiro atoms. The maximum absolute atomic E-state index is 12.1. The molecular formula is C23H35NO7. The molecule has 8 heteroatoms. The second-order valence-electron chi connectivity index (χ2n) is 9.01. The van der Waals surface area contributed by atoms with E-state index in [9.17, 15) is 9.90 Å². The van der Waals surface area contributed by atoms with Crippen molar-refractivity contribution in [3.05, 3.63) is 35.9 Å². The molecule has 0 unspecified atom stereocenters. The van der Waals surface area contributed by atoms with Crippen LogP contribution in [0.5, 0.6) is 0 Å². The molecule has 8 nitrogen and oxygen atoms in total. The number of aliphatic hydroxyl groups excluding tert-OH is 1. The van der Waals surface area contributed by atoms with Crippen molar-refractivity contribution < 1.29 is 33.6 Å². The minimum Gasteiger partial charge on any atom is -0.396 e. The molecular weight excluding hydrogens is 402 g/mol. The third-order valence-electron chi connectivity index (χ3n) is 5.41. The van der Waals surface area contributed by atoms with Crippen molar-refractivity contribution in [1.82, 2.24) is 5.32 Å². The Morgan fingerprint density at radius 2 is 1.87 bits per heavy atom. The molecule has 0 aliphatic carbocycles. The first-order valence-electron chi connectivity index (χ1n) is 10.8. The molecule has 31 heavy (non-hydrogen) atoms. The van der Waals surface area contributed by atoms with E-state index >= 15 is 0 Å². The van der Waals surface area contributed by atoms with E-state index in [0.717, 1.165) is 5.56 Å². The Hall–Kier alpha value is -1.55. The SMILES string of the molecule is CC(=O)N[C@@H]([C@H]1OC(C)(C)O[C@@H]1[C@H]1COC(C)(C)O1)[C@H](CCO)OCc1ccccc1. The van der Waals surface area contributed by atoms with Gasteiger partial charge in [-0.3, -0.25) is 4.79 Å². The van der Waals surface area contributed by atoms with Crippen LogP contribution in [0.15, 0.2) is 30.3 Å². The van der Waals surface area contributed by atoms with Crippen LogP contribution in [0, 0.1) is 0 Å². The molecule has 1 aromatic carbocycles. The molecule has 1 amide bonds. The molecule has 2 heterocycles. The Labute approximate surface area is 184 Å². The minimum atomic E-state index is -0.870. The van der Waals surface area contributed by atoms with Gasteiger partial charge in [0.2, 0.25) is 5.91 Å². The average molecular weight is 438 g/mol. The molecule has 0 bridgehead atoms. The van der Waals surface area contributed by atoms with Crippen LogP contribution >= 0.6 is 0 Å². The number of hydrogen-bond donors (Lipinski definition) is 2. The fraction of sp³-hybridized carbons (Fsp3) is 0.696. The van der Waals surface area contributed by atoms with Crippen molar-refractivity contribution in [1.29, 1.82) is 0 Å². The van der Waals surface area contributed by atoms with Gasteiger partial charge in [0, 0.05) is 13.5 Å². The molecule has 5 atom stereocenters. The lowest BCUT2D eigenvalue weighted by Crippen LogP contribution is -2.57. The van der Waals surface area contributed by atoms with Crippen LogP contribution in [0.2, 0.25) is 0 Å². The van der Waals surface area contributed by atoms with Gasteiger partial charge in [0.1, 0.15) is 18.3 Å².